The molecule has 1 aliphatic rings. The largest absolute Gasteiger partial charge is 0.351 e. The Balaban J connectivity index is 1.92. The van der Waals surface area contributed by atoms with Gasteiger partial charge in [0.2, 0.25) is 0 Å². The predicted molar refractivity (Wildman–Crippen MR) is 76.6 cm³/mol. The fraction of sp³-hybridized carbons (Fsp3) is 0.400. The molecule has 0 unspecified atom stereocenters. The monoisotopic (exact) mass is 274 g/mol. The Hall–Kier alpha value is -2.17. The zero-order valence-electron chi connectivity index (χ0n) is 11.3. The fourth-order valence-corrected chi connectivity index (χ4v) is 2.39. The second kappa shape index (κ2) is 6.84. The van der Waals surface area contributed by atoms with E-state index in [0.29, 0.717) is 6.54 Å². The van der Waals surface area contributed by atoms with Crippen molar-refractivity contribution in [3.63, 3.8) is 0 Å². The zero-order valence-corrected chi connectivity index (χ0v) is 11.3. The Morgan fingerprint density at radius 3 is 2.80 bits per heavy atom. The molecule has 1 aromatic rings. The van der Waals surface area contributed by atoms with Gasteiger partial charge in [-0.05, 0) is 38.2 Å². The van der Waals surface area contributed by atoms with E-state index in [1.54, 1.807) is 12.1 Å². The summed E-state index contributed by atoms with van der Waals surface area (Å²) in [6.45, 7) is 0.525. The summed E-state index contributed by atoms with van der Waals surface area (Å²) in [5.74, 6) is -0.381. The Bertz CT molecular complexity index is 538. The number of amides is 1. The molecule has 0 atom stereocenters. The predicted octanol–water partition coefficient (Wildman–Crippen LogP) is 3.22. The summed E-state index contributed by atoms with van der Waals surface area (Å²) >= 11 is 0. The van der Waals surface area contributed by atoms with Gasteiger partial charge in [0.1, 0.15) is 5.56 Å². The topological polar surface area (TPSA) is 72.2 Å². The number of allylic oxidation sites excluding steroid dienone is 1. The van der Waals surface area contributed by atoms with Gasteiger partial charge in [-0.2, -0.15) is 0 Å². The van der Waals surface area contributed by atoms with Crippen LogP contribution in [0.5, 0.6) is 0 Å². The number of nitrogens with zero attached hydrogens (tertiary/aromatic N) is 1. The van der Waals surface area contributed by atoms with Gasteiger partial charge in [0.25, 0.3) is 11.6 Å². The number of benzene rings is 1. The van der Waals surface area contributed by atoms with Crippen molar-refractivity contribution >= 4 is 11.6 Å². The summed E-state index contributed by atoms with van der Waals surface area (Å²) in [6, 6.07) is 6.01. The van der Waals surface area contributed by atoms with Crippen LogP contribution in [0.15, 0.2) is 35.9 Å². The van der Waals surface area contributed by atoms with Crippen LogP contribution in [0.4, 0.5) is 5.69 Å². The first-order valence-corrected chi connectivity index (χ1v) is 6.88. The molecule has 0 aromatic heterocycles. The molecular formula is C15H18N2O3. The maximum Gasteiger partial charge on any atom is 0.282 e. The van der Waals surface area contributed by atoms with Gasteiger partial charge in [-0.25, -0.2) is 0 Å². The molecule has 1 N–H and O–H groups in total. The molecule has 1 amide bonds. The van der Waals surface area contributed by atoms with Crippen molar-refractivity contribution < 1.29 is 9.72 Å². The first-order valence-electron chi connectivity index (χ1n) is 6.88. The minimum absolute atomic E-state index is 0.120. The molecule has 0 saturated carbocycles. The first kappa shape index (κ1) is 14.2. The molecule has 2 rings (SSSR count). The minimum atomic E-state index is -0.529. The van der Waals surface area contributed by atoms with Gasteiger partial charge in [-0.15, -0.1) is 0 Å². The third-order valence-electron chi connectivity index (χ3n) is 3.46. The fourth-order valence-electron chi connectivity index (χ4n) is 2.39. The second-order valence-electron chi connectivity index (χ2n) is 4.89. The molecule has 5 heteroatoms. The Morgan fingerprint density at radius 2 is 2.10 bits per heavy atom. The molecule has 0 bridgehead atoms. The molecule has 0 aliphatic heterocycles. The van der Waals surface area contributed by atoms with E-state index < -0.39 is 4.92 Å². The van der Waals surface area contributed by atoms with Crippen LogP contribution in [0, 0.1) is 10.1 Å². The number of nitro benzene ring substituents is 1. The highest BCUT2D eigenvalue weighted by molar-refractivity contribution is 5.98. The summed E-state index contributed by atoms with van der Waals surface area (Å²) in [7, 11) is 0. The molecule has 1 aromatic carbocycles. The number of para-hydroxylation sites is 1. The zero-order chi connectivity index (χ0) is 14.4. The maximum atomic E-state index is 12.0. The molecule has 0 radical (unpaired) electrons. The molecule has 1 aliphatic carbocycles. The molecule has 0 spiro atoms. The summed E-state index contributed by atoms with van der Waals surface area (Å²) < 4.78 is 0. The van der Waals surface area contributed by atoms with Crippen LogP contribution in [0.25, 0.3) is 0 Å². The van der Waals surface area contributed by atoms with E-state index in [0.717, 1.165) is 19.3 Å². The van der Waals surface area contributed by atoms with Crippen molar-refractivity contribution in [3.05, 3.63) is 51.6 Å². The van der Waals surface area contributed by atoms with Crippen molar-refractivity contribution in [2.75, 3.05) is 6.54 Å². The van der Waals surface area contributed by atoms with E-state index in [1.165, 1.54) is 30.5 Å². The number of carbonyl (C=O) groups excluding carboxylic acids is 1. The average Bonchev–Trinajstić information content (AvgIpc) is 2.48. The maximum absolute atomic E-state index is 12.0. The van der Waals surface area contributed by atoms with Crippen LogP contribution in [0.2, 0.25) is 0 Å². The third kappa shape index (κ3) is 3.66. The molecule has 0 fully saturated rings. The lowest BCUT2D eigenvalue weighted by Gasteiger charge is -2.12. The van der Waals surface area contributed by atoms with E-state index >= 15 is 0 Å². The molecular weight excluding hydrogens is 256 g/mol. The molecule has 5 nitrogen and oxygen atoms in total. The average molecular weight is 274 g/mol. The van der Waals surface area contributed by atoms with E-state index in [9.17, 15) is 14.9 Å². The summed E-state index contributed by atoms with van der Waals surface area (Å²) in [5, 5.41) is 13.6. The van der Waals surface area contributed by atoms with Crippen LogP contribution in [0.3, 0.4) is 0 Å². The first-order chi connectivity index (χ1) is 9.68. The lowest BCUT2D eigenvalue weighted by Crippen LogP contribution is -2.25. The lowest BCUT2D eigenvalue weighted by atomic mass is 9.97. The van der Waals surface area contributed by atoms with Crippen molar-refractivity contribution in [2.24, 2.45) is 0 Å². The number of nitro groups is 1. The summed E-state index contributed by atoms with van der Waals surface area (Å²) in [6.07, 6.45) is 7.73. The molecule has 0 heterocycles. The van der Waals surface area contributed by atoms with Gasteiger partial charge >= 0.3 is 0 Å². The van der Waals surface area contributed by atoms with E-state index in [4.69, 9.17) is 0 Å². The highest BCUT2D eigenvalue weighted by atomic mass is 16.6. The minimum Gasteiger partial charge on any atom is -0.351 e. The molecule has 20 heavy (non-hydrogen) atoms. The van der Waals surface area contributed by atoms with Crippen molar-refractivity contribution in [1.82, 2.24) is 5.32 Å². The number of carbonyl (C=O) groups is 1. The van der Waals surface area contributed by atoms with Crippen LogP contribution in [-0.2, 0) is 0 Å². The van der Waals surface area contributed by atoms with Gasteiger partial charge in [0.15, 0.2) is 0 Å². The quantitative estimate of drug-likeness (QED) is 0.509. The van der Waals surface area contributed by atoms with Crippen LogP contribution in [-0.4, -0.2) is 17.4 Å². The van der Waals surface area contributed by atoms with Crippen molar-refractivity contribution in [2.45, 2.75) is 32.1 Å². The third-order valence-corrected chi connectivity index (χ3v) is 3.46. The van der Waals surface area contributed by atoms with E-state index in [1.807, 2.05) is 0 Å². The van der Waals surface area contributed by atoms with Gasteiger partial charge in [-0.3, -0.25) is 14.9 Å². The van der Waals surface area contributed by atoms with Gasteiger partial charge in [0, 0.05) is 12.6 Å². The molecule has 0 saturated heterocycles. The summed E-state index contributed by atoms with van der Waals surface area (Å²) in [4.78, 5) is 22.3. The number of nitrogens with one attached hydrogen (secondary N) is 1. The normalized spacial score (nSPS) is 14.5. The standard InChI is InChI=1S/C15H18N2O3/c18-15(13-8-4-5-9-14(13)17(19)20)16-11-10-12-6-2-1-3-7-12/h4-6,8-9H,1-3,7,10-11H2,(H,16,18). The Kier molecular flexibility index (Phi) is 4.87. The van der Waals surface area contributed by atoms with Gasteiger partial charge in [0.05, 0.1) is 4.92 Å². The highest BCUT2D eigenvalue weighted by Gasteiger charge is 2.18. The van der Waals surface area contributed by atoms with Crippen molar-refractivity contribution in [3.8, 4) is 0 Å². The Labute approximate surface area is 117 Å². The van der Waals surface area contributed by atoms with Crippen molar-refractivity contribution in [1.29, 1.82) is 0 Å². The smallest absolute Gasteiger partial charge is 0.282 e. The van der Waals surface area contributed by atoms with Gasteiger partial charge < -0.3 is 5.32 Å². The number of rotatable bonds is 5. The van der Waals surface area contributed by atoms with Crippen LogP contribution in [0.1, 0.15) is 42.5 Å². The molecule has 106 valence electrons. The lowest BCUT2D eigenvalue weighted by molar-refractivity contribution is -0.385. The second-order valence-corrected chi connectivity index (χ2v) is 4.89. The number of hydrogen-bond acceptors (Lipinski definition) is 3. The highest BCUT2D eigenvalue weighted by Crippen LogP contribution is 2.20. The van der Waals surface area contributed by atoms with Crippen LogP contribution >= 0.6 is 0 Å². The number of hydrogen-bond donors (Lipinski definition) is 1. The van der Waals surface area contributed by atoms with E-state index in [-0.39, 0.29) is 17.2 Å². The van der Waals surface area contributed by atoms with Gasteiger partial charge in [-0.1, -0.05) is 23.8 Å². The summed E-state index contributed by atoms with van der Waals surface area (Å²) in [5.41, 5.74) is 1.34. The van der Waals surface area contributed by atoms with Crippen LogP contribution < -0.4 is 5.32 Å². The Morgan fingerprint density at radius 1 is 1.30 bits per heavy atom. The SMILES string of the molecule is O=C(NCCC1=CCCCC1)c1ccccc1[N+](=O)[O-]. The van der Waals surface area contributed by atoms with E-state index in [2.05, 4.69) is 11.4 Å².